The largest absolute Gasteiger partial charge is 0.492 e. The van der Waals surface area contributed by atoms with Gasteiger partial charge in [-0.15, -0.1) is 11.3 Å². The van der Waals surface area contributed by atoms with Gasteiger partial charge in [0.1, 0.15) is 5.75 Å². The number of likely N-dealkylation sites (N-methyl/N-ethyl adjacent to an activating group) is 1. The molecular formula is C19H26N3O3S+. The van der Waals surface area contributed by atoms with Gasteiger partial charge >= 0.3 is 0 Å². The third-order valence-corrected chi connectivity index (χ3v) is 4.70. The molecule has 1 atom stereocenters. The summed E-state index contributed by atoms with van der Waals surface area (Å²) in [7, 11) is 0. The number of amides is 2. The summed E-state index contributed by atoms with van der Waals surface area (Å²) < 4.78 is 5.52. The fourth-order valence-electron chi connectivity index (χ4n) is 2.47. The standard InChI is InChI=1S/C19H25N3O3S/c1-3-22(13-18(23)20-12-15-8-7-11-26-15)14-19(24)21-16-9-5-6-10-17(16)25-4-2/h5-11H,3-4,12-14H2,1-2H3,(H,20,23)(H,21,24)/p+1. The second-order valence-corrected chi connectivity index (χ2v) is 6.82. The highest BCUT2D eigenvalue weighted by Crippen LogP contribution is 2.23. The maximum absolute atomic E-state index is 12.3. The van der Waals surface area contributed by atoms with E-state index in [1.807, 2.05) is 55.6 Å². The molecule has 0 radical (unpaired) electrons. The molecule has 1 aromatic carbocycles. The normalized spacial score (nSPS) is 11.6. The molecule has 1 heterocycles. The van der Waals surface area contributed by atoms with Crippen LogP contribution in [-0.4, -0.2) is 38.1 Å². The van der Waals surface area contributed by atoms with Gasteiger partial charge in [-0.25, -0.2) is 0 Å². The molecule has 2 rings (SSSR count). The van der Waals surface area contributed by atoms with Gasteiger partial charge in [0.15, 0.2) is 13.1 Å². The average Bonchev–Trinajstić information content (AvgIpc) is 3.15. The molecule has 7 heteroatoms. The van der Waals surface area contributed by atoms with Crippen molar-refractivity contribution in [2.45, 2.75) is 20.4 Å². The predicted octanol–water partition coefficient (Wildman–Crippen LogP) is 1.31. The number of hydrogen-bond acceptors (Lipinski definition) is 4. The minimum Gasteiger partial charge on any atom is -0.492 e. The first kappa shape index (κ1) is 19.9. The molecule has 0 saturated carbocycles. The smallest absolute Gasteiger partial charge is 0.279 e. The Bertz CT molecular complexity index is 704. The van der Waals surface area contributed by atoms with Crippen LogP contribution in [0, 0.1) is 0 Å². The fraction of sp³-hybridized carbons (Fsp3) is 0.368. The van der Waals surface area contributed by atoms with E-state index in [0.29, 0.717) is 31.1 Å². The van der Waals surface area contributed by atoms with Crippen molar-refractivity contribution in [1.82, 2.24) is 5.32 Å². The van der Waals surface area contributed by atoms with Crippen molar-refractivity contribution in [2.24, 2.45) is 0 Å². The van der Waals surface area contributed by atoms with Gasteiger partial charge in [-0.1, -0.05) is 18.2 Å². The number of hydrogen-bond donors (Lipinski definition) is 3. The van der Waals surface area contributed by atoms with E-state index in [4.69, 9.17) is 4.74 Å². The Labute approximate surface area is 158 Å². The minimum atomic E-state index is -0.139. The number of anilines is 1. The van der Waals surface area contributed by atoms with Gasteiger partial charge in [-0.3, -0.25) is 9.59 Å². The highest BCUT2D eigenvalue weighted by molar-refractivity contribution is 7.09. The summed E-state index contributed by atoms with van der Waals surface area (Å²) in [5, 5.41) is 7.75. The summed E-state index contributed by atoms with van der Waals surface area (Å²) >= 11 is 1.61. The monoisotopic (exact) mass is 376 g/mol. The quantitative estimate of drug-likeness (QED) is 0.585. The van der Waals surface area contributed by atoms with E-state index in [1.54, 1.807) is 11.3 Å². The van der Waals surface area contributed by atoms with Crippen LogP contribution in [-0.2, 0) is 16.1 Å². The molecule has 1 aromatic heterocycles. The van der Waals surface area contributed by atoms with Crippen molar-refractivity contribution in [3.8, 4) is 5.75 Å². The van der Waals surface area contributed by atoms with Gasteiger partial charge in [-0.2, -0.15) is 0 Å². The first-order valence-electron chi connectivity index (χ1n) is 8.76. The summed E-state index contributed by atoms with van der Waals surface area (Å²) in [6.45, 7) is 6.10. The average molecular weight is 377 g/mol. The molecule has 0 aliphatic rings. The van der Waals surface area contributed by atoms with Gasteiger partial charge in [-0.05, 0) is 37.4 Å². The highest BCUT2D eigenvalue weighted by atomic mass is 32.1. The Morgan fingerprint density at radius 2 is 1.85 bits per heavy atom. The summed E-state index contributed by atoms with van der Waals surface area (Å²) in [4.78, 5) is 26.5. The molecule has 0 spiro atoms. The van der Waals surface area contributed by atoms with Crippen molar-refractivity contribution < 1.29 is 19.2 Å². The first-order chi connectivity index (χ1) is 12.6. The van der Waals surface area contributed by atoms with Crippen LogP contribution in [0.3, 0.4) is 0 Å². The molecule has 140 valence electrons. The maximum Gasteiger partial charge on any atom is 0.279 e. The lowest BCUT2D eigenvalue weighted by Crippen LogP contribution is -3.13. The lowest BCUT2D eigenvalue weighted by atomic mass is 10.3. The van der Waals surface area contributed by atoms with E-state index in [2.05, 4.69) is 10.6 Å². The molecule has 0 saturated heterocycles. The summed E-state index contributed by atoms with van der Waals surface area (Å²) in [6, 6.07) is 11.3. The maximum atomic E-state index is 12.3. The molecule has 2 aromatic rings. The molecule has 2 amide bonds. The van der Waals surface area contributed by atoms with Crippen LogP contribution in [0.4, 0.5) is 5.69 Å². The Balaban J connectivity index is 1.82. The van der Waals surface area contributed by atoms with Crippen LogP contribution < -0.4 is 20.3 Å². The molecule has 0 fully saturated rings. The zero-order valence-electron chi connectivity index (χ0n) is 15.2. The number of nitrogens with one attached hydrogen (secondary N) is 3. The molecule has 26 heavy (non-hydrogen) atoms. The topological polar surface area (TPSA) is 71.9 Å². The van der Waals surface area contributed by atoms with Crippen LogP contribution in [0.15, 0.2) is 41.8 Å². The zero-order chi connectivity index (χ0) is 18.8. The lowest BCUT2D eigenvalue weighted by Gasteiger charge is -2.17. The molecular weight excluding hydrogens is 350 g/mol. The Morgan fingerprint density at radius 3 is 2.54 bits per heavy atom. The number of benzene rings is 1. The molecule has 6 nitrogen and oxygen atoms in total. The summed E-state index contributed by atoms with van der Waals surface area (Å²) in [6.07, 6.45) is 0. The second kappa shape index (κ2) is 10.6. The lowest BCUT2D eigenvalue weighted by molar-refractivity contribution is -0.881. The third-order valence-electron chi connectivity index (χ3n) is 3.82. The van der Waals surface area contributed by atoms with Crippen molar-refractivity contribution in [1.29, 1.82) is 0 Å². The van der Waals surface area contributed by atoms with Crippen molar-refractivity contribution in [2.75, 3.05) is 31.6 Å². The molecule has 3 N–H and O–H groups in total. The number of rotatable bonds is 10. The molecule has 0 aliphatic heterocycles. The van der Waals surface area contributed by atoms with Gasteiger partial charge in [0.25, 0.3) is 11.8 Å². The molecule has 0 bridgehead atoms. The van der Waals surface area contributed by atoms with E-state index in [9.17, 15) is 9.59 Å². The van der Waals surface area contributed by atoms with Crippen LogP contribution in [0.2, 0.25) is 0 Å². The van der Waals surface area contributed by atoms with E-state index in [0.717, 1.165) is 9.78 Å². The molecule has 0 aliphatic carbocycles. The van der Waals surface area contributed by atoms with Crippen LogP contribution >= 0.6 is 11.3 Å². The second-order valence-electron chi connectivity index (χ2n) is 5.79. The number of carbonyl (C=O) groups is 2. The van der Waals surface area contributed by atoms with Crippen molar-refractivity contribution in [3.05, 3.63) is 46.7 Å². The van der Waals surface area contributed by atoms with Gasteiger partial charge in [0, 0.05) is 4.88 Å². The zero-order valence-corrected chi connectivity index (χ0v) is 16.0. The van der Waals surface area contributed by atoms with Gasteiger partial charge < -0.3 is 20.3 Å². The fourth-order valence-corrected chi connectivity index (χ4v) is 3.12. The Kier molecular flexibility index (Phi) is 8.11. The van der Waals surface area contributed by atoms with E-state index in [1.165, 1.54) is 0 Å². The van der Waals surface area contributed by atoms with Gasteiger partial charge in [0.05, 0.1) is 25.4 Å². The van der Waals surface area contributed by atoms with Crippen molar-refractivity contribution in [3.63, 3.8) is 0 Å². The predicted molar refractivity (Wildman–Crippen MR) is 104 cm³/mol. The molecule has 1 unspecified atom stereocenters. The van der Waals surface area contributed by atoms with Crippen LogP contribution in [0.5, 0.6) is 5.75 Å². The first-order valence-corrected chi connectivity index (χ1v) is 9.64. The van der Waals surface area contributed by atoms with E-state index < -0.39 is 0 Å². The number of carbonyl (C=O) groups excluding carboxylic acids is 2. The van der Waals surface area contributed by atoms with Crippen LogP contribution in [0.1, 0.15) is 18.7 Å². The highest BCUT2D eigenvalue weighted by Gasteiger charge is 2.17. The number of ether oxygens (including phenoxy) is 1. The summed E-state index contributed by atoms with van der Waals surface area (Å²) in [5.41, 5.74) is 0.650. The Hall–Kier alpha value is -2.38. The van der Waals surface area contributed by atoms with Crippen molar-refractivity contribution >= 4 is 28.8 Å². The SMILES string of the molecule is CCOc1ccccc1NC(=O)C[NH+](CC)CC(=O)NCc1cccs1. The third kappa shape index (κ3) is 6.50. The van der Waals surface area contributed by atoms with E-state index >= 15 is 0 Å². The summed E-state index contributed by atoms with van der Waals surface area (Å²) in [5.74, 6) is 0.452. The number of thiophene rings is 1. The minimum absolute atomic E-state index is 0.0576. The van der Waals surface area contributed by atoms with Gasteiger partial charge in [0.2, 0.25) is 0 Å². The number of quaternary nitrogens is 1. The Morgan fingerprint density at radius 1 is 1.08 bits per heavy atom. The number of para-hydroxylation sites is 2. The van der Waals surface area contributed by atoms with Crippen LogP contribution in [0.25, 0.3) is 0 Å². The van der Waals surface area contributed by atoms with E-state index in [-0.39, 0.29) is 24.9 Å².